The number of hydrogen-bond acceptors (Lipinski definition) is 0. The number of fused-ring (bicyclic) bond motifs is 10. The molecule has 55 heavy (non-hydrogen) atoms. The van der Waals surface area contributed by atoms with E-state index in [4.69, 9.17) is 0 Å². The Labute approximate surface area is 327 Å². The third kappa shape index (κ3) is 4.87. The summed E-state index contributed by atoms with van der Waals surface area (Å²) in [6.07, 6.45) is 0. The summed E-state index contributed by atoms with van der Waals surface area (Å²) in [6, 6.07) is 41.0. The predicted molar refractivity (Wildman–Crippen MR) is 240 cm³/mol. The Bertz CT molecular complexity index is 2940. The maximum Gasteiger partial charge on any atom is 0.333 e. The largest absolute Gasteiger partial charge is 0.375 e. The molecule has 10 rings (SSSR count). The SMILES string of the molecule is CC(C)(C)c1ccc(-c2cc3c4c(c2)-n2c5ccc(C(C)(C)C)cc5c5cccc(c52)B4n2c4ccc(C(C)(C)C)cc4c4cc(C(C)(C)C)cc-3c42)cc1. The third-order valence-corrected chi connectivity index (χ3v) is 12.9. The van der Waals surface area contributed by atoms with E-state index in [0.29, 0.717) is 0 Å². The average molecular weight is 717 g/mol. The van der Waals surface area contributed by atoms with Crippen molar-refractivity contribution in [2.75, 3.05) is 0 Å². The molecule has 0 N–H and O–H groups in total. The molecule has 6 aromatic carbocycles. The highest BCUT2D eigenvalue weighted by Gasteiger charge is 2.42. The van der Waals surface area contributed by atoms with E-state index >= 15 is 0 Å². The van der Waals surface area contributed by atoms with Gasteiger partial charge in [-0.25, -0.2) is 0 Å². The van der Waals surface area contributed by atoms with Crippen LogP contribution in [0.5, 0.6) is 0 Å². The van der Waals surface area contributed by atoms with Gasteiger partial charge in [0.15, 0.2) is 0 Å². The van der Waals surface area contributed by atoms with Crippen LogP contribution < -0.4 is 10.9 Å². The molecule has 0 amide bonds. The fourth-order valence-corrected chi connectivity index (χ4v) is 9.67. The van der Waals surface area contributed by atoms with Gasteiger partial charge < -0.3 is 9.05 Å². The van der Waals surface area contributed by atoms with Crippen molar-refractivity contribution < 1.29 is 0 Å². The molecule has 0 atom stereocenters. The first kappa shape index (κ1) is 34.5. The Morgan fingerprint density at radius 1 is 0.418 bits per heavy atom. The van der Waals surface area contributed by atoms with Gasteiger partial charge in [-0.1, -0.05) is 138 Å². The summed E-state index contributed by atoms with van der Waals surface area (Å²) in [5.74, 6) is 0. The number of nitrogens with zero attached hydrogens (tertiary/aromatic N) is 2. The molecule has 0 bridgehead atoms. The molecule has 0 radical (unpaired) electrons. The van der Waals surface area contributed by atoms with Gasteiger partial charge in [0.2, 0.25) is 0 Å². The first-order valence-electron chi connectivity index (χ1n) is 20.3. The second-order valence-corrected chi connectivity index (χ2v) is 20.8. The highest BCUT2D eigenvalue weighted by molar-refractivity contribution is 6.90. The minimum atomic E-state index is -0.0157. The molecule has 2 aliphatic heterocycles. The van der Waals surface area contributed by atoms with Crippen LogP contribution in [-0.2, 0) is 21.7 Å². The highest BCUT2D eigenvalue weighted by Crippen LogP contribution is 2.47. The number of rotatable bonds is 1. The van der Waals surface area contributed by atoms with Crippen molar-refractivity contribution in [3.05, 3.63) is 125 Å². The second-order valence-electron chi connectivity index (χ2n) is 20.8. The average Bonchev–Trinajstić information content (AvgIpc) is 3.63. The summed E-state index contributed by atoms with van der Waals surface area (Å²) in [4.78, 5) is 0. The monoisotopic (exact) mass is 716 g/mol. The van der Waals surface area contributed by atoms with Gasteiger partial charge in [-0.3, -0.25) is 0 Å². The molecule has 0 aliphatic carbocycles. The summed E-state index contributed by atoms with van der Waals surface area (Å²) < 4.78 is 5.34. The zero-order valence-electron chi connectivity index (χ0n) is 34.8. The topological polar surface area (TPSA) is 9.86 Å². The van der Waals surface area contributed by atoms with Gasteiger partial charge in [0, 0.05) is 43.8 Å². The van der Waals surface area contributed by atoms with E-state index in [0.717, 1.165) is 0 Å². The van der Waals surface area contributed by atoms with Crippen LogP contribution in [0.25, 0.3) is 71.6 Å². The van der Waals surface area contributed by atoms with E-state index in [2.05, 4.69) is 195 Å². The number of para-hydroxylation sites is 1. The fourth-order valence-electron chi connectivity index (χ4n) is 9.67. The van der Waals surface area contributed by atoms with Crippen LogP contribution in [0.15, 0.2) is 103 Å². The molecule has 0 saturated carbocycles. The first-order chi connectivity index (χ1) is 25.8. The van der Waals surface area contributed by atoms with Crippen LogP contribution in [0.2, 0.25) is 0 Å². The van der Waals surface area contributed by atoms with Crippen LogP contribution in [0.1, 0.15) is 105 Å². The van der Waals surface area contributed by atoms with Gasteiger partial charge in [-0.15, -0.1) is 0 Å². The molecule has 2 aromatic heterocycles. The molecule has 8 aromatic rings. The quantitative estimate of drug-likeness (QED) is 0.150. The van der Waals surface area contributed by atoms with Gasteiger partial charge >= 0.3 is 6.85 Å². The standard InChI is InChI=1S/C52H53BN2/c1-49(2,3)32-18-16-30(17-19-32)31-24-39-41-29-35(52(10,11)12)28-40-38-27-34(51(7,8)9)21-23-44(38)55(47(40)41)53-42-15-13-14-36-37-26-33(50(4,5)6)20-22-43(37)54(48(36)42)45(25-31)46(39)53/h13-29H,1-12H3. The molecule has 274 valence electrons. The van der Waals surface area contributed by atoms with Crippen LogP contribution in [0, 0.1) is 0 Å². The van der Waals surface area contributed by atoms with E-state index in [9.17, 15) is 0 Å². The highest BCUT2D eigenvalue weighted by atomic mass is 15.0. The summed E-state index contributed by atoms with van der Waals surface area (Å²) in [7, 11) is 0. The van der Waals surface area contributed by atoms with Gasteiger partial charge in [-0.05, 0) is 120 Å². The van der Waals surface area contributed by atoms with Crippen LogP contribution in [0.4, 0.5) is 0 Å². The maximum absolute atomic E-state index is 2.72. The molecular formula is C52H53BN2. The zero-order chi connectivity index (χ0) is 38.7. The Kier molecular flexibility index (Phi) is 6.80. The second kappa shape index (κ2) is 10.8. The molecule has 0 saturated heterocycles. The van der Waals surface area contributed by atoms with Crippen molar-refractivity contribution >= 4 is 61.4 Å². The van der Waals surface area contributed by atoms with Crippen molar-refractivity contribution in [3.8, 4) is 27.9 Å². The van der Waals surface area contributed by atoms with Crippen molar-refractivity contribution in [1.29, 1.82) is 0 Å². The van der Waals surface area contributed by atoms with Crippen molar-refractivity contribution in [2.24, 2.45) is 0 Å². The summed E-state index contributed by atoms with van der Waals surface area (Å²) >= 11 is 0. The molecule has 0 fully saturated rings. The fraction of sp³-hybridized carbons (Fsp3) is 0.308. The smallest absolute Gasteiger partial charge is 0.333 e. The summed E-state index contributed by atoms with van der Waals surface area (Å²) in [5.41, 5.74) is 20.3. The number of benzene rings is 6. The third-order valence-electron chi connectivity index (χ3n) is 12.9. The van der Waals surface area contributed by atoms with Gasteiger partial charge in [0.1, 0.15) is 0 Å². The van der Waals surface area contributed by atoms with Gasteiger partial charge in [0.05, 0.1) is 11.0 Å². The Hall–Kier alpha value is -5.02. The molecule has 4 heterocycles. The van der Waals surface area contributed by atoms with Crippen LogP contribution >= 0.6 is 0 Å². The molecule has 0 spiro atoms. The lowest BCUT2D eigenvalue weighted by atomic mass is 9.45. The summed E-state index contributed by atoms with van der Waals surface area (Å²) in [5, 5.41) is 5.39. The number of hydrogen-bond donors (Lipinski definition) is 0. The van der Waals surface area contributed by atoms with E-state index in [1.54, 1.807) is 0 Å². The lowest BCUT2D eigenvalue weighted by Gasteiger charge is -2.35. The summed E-state index contributed by atoms with van der Waals surface area (Å²) in [6.45, 7) is 28.0. The van der Waals surface area contributed by atoms with E-state index in [1.807, 2.05) is 0 Å². The first-order valence-corrected chi connectivity index (χ1v) is 20.3. The van der Waals surface area contributed by atoms with Crippen LogP contribution in [0.3, 0.4) is 0 Å². The van der Waals surface area contributed by atoms with E-state index < -0.39 is 0 Å². The molecule has 2 nitrogen and oxygen atoms in total. The van der Waals surface area contributed by atoms with Crippen molar-refractivity contribution in [3.63, 3.8) is 0 Å². The lowest BCUT2D eigenvalue weighted by Crippen LogP contribution is -2.55. The molecular weight excluding hydrogens is 663 g/mol. The maximum atomic E-state index is 2.72. The van der Waals surface area contributed by atoms with Crippen molar-refractivity contribution in [2.45, 2.75) is 105 Å². The zero-order valence-corrected chi connectivity index (χ0v) is 34.8. The Balaban J connectivity index is 1.40. The molecule has 2 aliphatic rings. The Morgan fingerprint density at radius 2 is 0.982 bits per heavy atom. The Morgan fingerprint density at radius 3 is 1.60 bits per heavy atom. The minimum Gasteiger partial charge on any atom is -0.375 e. The van der Waals surface area contributed by atoms with Crippen molar-refractivity contribution in [1.82, 2.24) is 9.05 Å². The normalized spacial score (nSPS) is 14.1. The lowest BCUT2D eigenvalue weighted by molar-refractivity contribution is 0.590. The van der Waals surface area contributed by atoms with Gasteiger partial charge in [0.25, 0.3) is 0 Å². The molecule has 0 unspecified atom stereocenters. The number of aromatic nitrogens is 2. The van der Waals surface area contributed by atoms with E-state index in [1.165, 1.54) is 105 Å². The minimum absolute atomic E-state index is 0.0157. The van der Waals surface area contributed by atoms with E-state index in [-0.39, 0.29) is 28.5 Å². The van der Waals surface area contributed by atoms with Gasteiger partial charge in [-0.2, -0.15) is 0 Å². The van der Waals surface area contributed by atoms with Crippen LogP contribution in [-0.4, -0.2) is 15.9 Å². The molecule has 3 heteroatoms. The predicted octanol–water partition coefficient (Wildman–Crippen LogP) is 12.7.